The van der Waals surface area contributed by atoms with Gasteiger partial charge in [0, 0.05) is 18.8 Å². The Labute approximate surface area is 112 Å². The Morgan fingerprint density at radius 2 is 2.00 bits per heavy atom. The molecule has 1 atom stereocenters. The van der Waals surface area contributed by atoms with Gasteiger partial charge in [0.05, 0.1) is 0 Å². The fourth-order valence-electron chi connectivity index (χ4n) is 2.47. The Hall–Kier alpha value is -1.02. The van der Waals surface area contributed by atoms with Crippen molar-refractivity contribution < 1.29 is 0 Å². The van der Waals surface area contributed by atoms with Crippen LogP contribution in [0.15, 0.2) is 24.3 Å². The molecule has 0 aliphatic rings. The molecule has 2 nitrogen and oxygen atoms in total. The van der Waals surface area contributed by atoms with E-state index < -0.39 is 0 Å². The number of hydrogen-bond donors (Lipinski definition) is 1. The second-order valence-corrected chi connectivity index (χ2v) is 5.27. The Morgan fingerprint density at radius 3 is 2.61 bits per heavy atom. The van der Waals surface area contributed by atoms with Crippen LogP contribution < -0.4 is 10.6 Å². The van der Waals surface area contributed by atoms with E-state index in [4.69, 9.17) is 5.73 Å². The molecular weight excluding hydrogens is 220 g/mol. The Kier molecular flexibility index (Phi) is 6.81. The molecule has 1 aromatic carbocycles. The molecule has 1 rings (SSSR count). The van der Waals surface area contributed by atoms with Crippen molar-refractivity contribution in [3.63, 3.8) is 0 Å². The van der Waals surface area contributed by atoms with Crippen LogP contribution in [0.4, 0.5) is 5.69 Å². The zero-order valence-corrected chi connectivity index (χ0v) is 12.2. The second-order valence-electron chi connectivity index (χ2n) is 5.27. The summed E-state index contributed by atoms with van der Waals surface area (Å²) in [6.07, 6.45) is 3.62. The highest BCUT2D eigenvalue weighted by atomic mass is 15.1. The van der Waals surface area contributed by atoms with Gasteiger partial charge in [0.2, 0.25) is 0 Å². The zero-order valence-electron chi connectivity index (χ0n) is 12.2. The third-order valence-electron chi connectivity index (χ3n) is 3.40. The molecule has 2 N–H and O–H groups in total. The number of nitrogens with zero attached hydrogens (tertiary/aromatic N) is 1. The first kappa shape index (κ1) is 15.0. The van der Waals surface area contributed by atoms with Crippen LogP contribution >= 0.6 is 0 Å². The minimum absolute atomic E-state index is 0.743. The van der Waals surface area contributed by atoms with E-state index in [1.165, 1.54) is 24.1 Å². The summed E-state index contributed by atoms with van der Waals surface area (Å²) in [6.45, 7) is 9.76. The minimum Gasteiger partial charge on any atom is -0.371 e. The van der Waals surface area contributed by atoms with Gasteiger partial charge in [-0.1, -0.05) is 38.5 Å². The first-order valence-electron chi connectivity index (χ1n) is 7.19. The van der Waals surface area contributed by atoms with Crippen LogP contribution in [0.25, 0.3) is 0 Å². The largest absolute Gasteiger partial charge is 0.371 e. The van der Waals surface area contributed by atoms with Crippen molar-refractivity contribution in [2.75, 3.05) is 24.5 Å². The van der Waals surface area contributed by atoms with Crippen molar-refractivity contribution in [3.05, 3.63) is 29.8 Å². The molecule has 18 heavy (non-hydrogen) atoms. The van der Waals surface area contributed by atoms with Gasteiger partial charge >= 0.3 is 0 Å². The summed E-state index contributed by atoms with van der Waals surface area (Å²) < 4.78 is 0. The number of para-hydroxylation sites is 1. The molecule has 0 amide bonds. The molecule has 1 unspecified atom stereocenters. The molecular formula is C16H28N2. The number of aryl methyl sites for hydroxylation is 1. The van der Waals surface area contributed by atoms with Crippen LogP contribution in [-0.4, -0.2) is 19.6 Å². The lowest BCUT2D eigenvalue weighted by atomic mass is 10.0. The molecule has 0 saturated heterocycles. The summed E-state index contributed by atoms with van der Waals surface area (Å²) in [6, 6.07) is 8.65. The summed E-state index contributed by atoms with van der Waals surface area (Å²) in [5.74, 6) is 0.743. The van der Waals surface area contributed by atoms with E-state index in [0.29, 0.717) is 0 Å². The Bertz CT molecular complexity index is 336. The van der Waals surface area contributed by atoms with Gasteiger partial charge in [-0.2, -0.15) is 0 Å². The van der Waals surface area contributed by atoms with Crippen molar-refractivity contribution in [2.45, 2.75) is 40.0 Å². The predicted molar refractivity (Wildman–Crippen MR) is 81.1 cm³/mol. The van der Waals surface area contributed by atoms with E-state index >= 15 is 0 Å². The van der Waals surface area contributed by atoms with Gasteiger partial charge in [0.1, 0.15) is 0 Å². The first-order valence-corrected chi connectivity index (χ1v) is 7.19. The number of benzene rings is 1. The van der Waals surface area contributed by atoms with Gasteiger partial charge < -0.3 is 10.6 Å². The van der Waals surface area contributed by atoms with E-state index in [9.17, 15) is 0 Å². The average molecular weight is 248 g/mol. The van der Waals surface area contributed by atoms with Crippen LogP contribution in [0.5, 0.6) is 0 Å². The molecule has 102 valence electrons. The van der Waals surface area contributed by atoms with E-state index in [-0.39, 0.29) is 0 Å². The van der Waals surface area contributed by atoms with E-state index in [0.717, 1.165) is 32.0 Å². The van der Waals surface area contributed by atoms with E-state index in [1.807, 2.05) is 0 Å². The molecule has 0 saturated carbocycles. The SMILES string of the molecule is CCCC(C)CN(CCCN)c1ccccc1C. The van der Waals surface area contributed by atoms with Crippen molar-refractivity contribution in [2.24, 2.45) is 11.7 Å². The van der Waals surface area contributed by atoms with Crippen molar-refractivity contribution in [3.8, 4) is 0 Å². The van der Waals surface area contributed by atoms with Gasteiger partial charge in [-0.05, 0) is 43.9 Å². The molecule has 2 heteroatoms. The van der Waals surface area contributed by atoms with Gasteiger partial charge in [0.25, 0.3) is 0 Å². The molecule has 0 heterocycles. The molecule has 0 spiro atoms. The number of rotatable bonds is 8. The molecule has 1 aromatic rings. The normalized spacial score (nSPS) is 12.4. The highest BCUT2D eigenvalue weighted by molar-refractivity contribution is 5.52. The summed E-state index contributed by atoms with van der Waals surface area (Å²) in [4.78, 5) is 2.50. The lowest BCUT2D eigenvalue weighted by Gasteiger charge is -2.29. The van der Waals surface area contributed by atoms with Crippen LogP contribution in [0.1, 0.15) is 38.7 Å². The molecule has 0 fully saturated rings. The summed E-state index contributed by atoms with van der Waals surface area (Å²) in [7, 11) is 0. The maximum atomic E-state index is 5.66. The third kappa shape index (κ3) is 4.69. The molecule has 0 radical (unpaired) electrons. The standard InChI is InChI=1S/C16H28N2/c1-4-8-14(2)13-18(12-7-11-17)16-10-6-5-9-15(16)3/h5-6,9-10,14H,4,7-8,11-13,17H2,1-3H3. The Morgan fingerprint density at radius 1 is 1.28 bits per heavy atom. The highest BCUT2D eigenvalue weighted by Gasteiger charge is 2.11. The smallest absolute Gasteiger partial charge is 0.0396 e. The fourth-order valence-corrected chi connectivity index (χ4v) is 2.47. The lowest BCUT2D eigenvalue weighted by Crippen LogP contribution is -2.31. The maximum absolute atomic E-state index is 5.66. The lowest BCUT2D eigenvalue weighted by molar-refractivity contribution is 0.508. The maximum Gasteiger partial charge on any atom is 0.0396 e. The van der Waals surface area contributed by atoms with Crippen molar-refractivity contribution >= 4 is 5.69 Å². The number of anilines is 1. The van der Waals surface area contributed by atoms with Gasteiger partial charge in [-0.15, -0.1) is 0 Å². The van der Waals surface area contributed by atoms with Gasteiger partial charge in [-0.3, -0.25) is 0 Å². The average Bonchev–Trinajstić information content (AvgIpc) is 2.35. The monoisotopic (exact) mass is 248 g/mol. The molecule has 0 aromatic heterocycles. The van der Waals surface area contributed by atoms with E-state index in [2.05, 4.69) is 49.9 Å². The van der Waals surface area contributed by atoms with Gasteiger partial charge in [0.15, 0.2) is 0 Å². The number of nitrogens with two attached hydrogens (primary N) is 1. The van der Waals surface area contributed by atoms with Crippen molar-refractivity contribution in [1.82, 2.24) is 0 Å². The Balaban J connectivity index is 2.74. The van der Waals surface area contributed by atoms with Crippen LogP contribution in [0, 0.1) is 12.8 Å². The summed E-state index contributed by atoms with van der Waals surface area (Å²) in [5, 5.41) is 0. The molecule has 0 aliphatic heterocycles. The van der Waals surface area contributed by atoms with E-state index in [1.54, 1.807) is 0 Å². The fraction of sp³-hybridized carbons (Fsp3) is 0.625. The van der Waals surface area contributed by atoms with Crippen molar-refractivity contribution in [1.29, 1.82) is 0 Å². The topological polar surface area (TPSA) is 29.3 Å². The second kappa shape index (κ2) is 8.15. The minimum atomic E-state index is 0.743. The highest BCUT2D eigenvalue weighted by Crippen LogP contribution is 2.21. The van der Waals surface area contributed by atoms with Crippen LogP contribution in [-0.2, 0) is 0 Å². The van der Waals surface area contributed by atoms with Gasteiger partial charge in [-0.25, -0.2) is 0 Å². The van der Waals surface area contributed by atoms with Crippen LogP contribution in [0.2, 0.25) is 0 Å². The molecule has 0 bridgehead atoms. The summed E-state index contributed by atoms with van der Waals surface area (Å²) >= 11 is 0. The predicted octanol–water partition coefficient (Wildman–Crippen LogP) is 3.59. The summed E-state index contributed by atoms with van der Waals surface area (Å²) in [5.41, 5.74) is 8.38. The molecule has 0 aliphatic carbocycles. The quantitative estimate of drug-likeness (QED) is 0.762. The first-order chi connectivity index (χ1) is 8.69. The number of hydrogen-bond acceptors (Lipinski definition) is 2. The third-order valence-corrected chi connectivity index (χ3v) is 3.40. The zero-order chi connectivity index (χ0) is 13.4. The van der Waals surface area contributed by atoms with Crippen LogP contribution in [0.3, 0.4) is 0 Å².